The SMILES string of the molecule is CC[C@@H](C(=O)NCC(C)C)N(Cc1ccccc1Cl)C(=O)CN(c1cc(C(F)(F)F)ccc1Cl)S(C)(=O)=O. The Balaban J connectivity index is 2.54. The maximum absolute atomic E-state index is 13.7. The van der Waals surface area contributed by atoms with Crippen LogP contribution in [0.3, 0.4) is 0 Å². The standard InChI is InChI=1S/C25H30Cl2F3N3O4S/c1-5-21(24(35)31-13-16(2)3)32(14-17-8-6-7-9-19(17)26)23(34)15-33(38(4,36)37)22-12-18(25(28,29)30)10-11-20(22)27/h6-12,16,21H,5,13-15H2,1-4H3,(H,31,35)/t21-/m0/s1. The first-order chi connectivity index (χ1) is 17.6. The highest BCUT2D eigenvalue weighted by Gasteiger charge is 2.35. The molecule has 0 aliphatic heterocycles. The second kappa shape index (κ2) is 13.0. The Kier molecular flexibility index (Phi) is 10.9. The predicted molar refractivity (Wildman–Crippen MR) is 143 cm³/mol. The summed E-state index contributed by atoms with van der Waals surface area (Å²) in [6.07, 6.45) is -3.84. The van der Waals surface area contributed by atoms with E-state index in [1.807, 2.05) is 13.8 Å². The van der Waals surface area contributed by atoms with Gasteiger partial charge < -0.3 is 10.2 Å². The number of sulfonamides is 1. The molecule has 0 unspecified atom stereocenters. The topological polar surface area (TPSA) is 86.8 Å². The lowest BCUT2D eigenvalue weighted by atomic mass is 10.1. The van der Waals surface area contributed by atoms with Crippen LogP contribution in [0.4, 0.5) is 18.9 Å². The van der Waals surface area contributed by atoms with Crippen molar-refractivity contribution >= 4 is 50.7 Å². The van der Waals surface area contributed by atoms with Crippen molar-refractivity contribution in [2.24, 2.45) is 5.92 Å². The minimum atomic E-state index is -4.77. The van der Waals surface area contributed by atoms with E-state index in [-0.39, 0.29) is 23.9 Å². The Bertz CT molecular complexity index is 1260. The number of anilines is 1. The van der Waals surface area contributed by atoms with Crippen molar-refractivity contribution in [2.45, 2.75) is 46.0 Å². The molecule has 2 aromatic rings. The Morgan fingerprint density at radius 1 is 1.05 bits per heavy atom. The van der Waals surface area contributed by atoms with E-state index in [0.717, 1.165) is 12.3 Å². The third kappa shape index (κ3) is 8.51. The van der Waals surface area contributed by atoms with E-state index in [9.17, 15) is 31.2 Å². The van der Waals surface area contributed by atoms with Gasteiger partial charge in [-0.25, -0.2) is 8.42 Å². The van der Waals surface area contributed by atoms with Gasteiger partial charge in [0.1, 0.15) is 12.6 Å². The van der Waals surface area contributed by atoms with E-state index >= 15 is 0 Å². The van der Waals surface area contributed by atoms with Crippen LogP contribution in [-0.2, 0) is 32.3 Å². The fourth-order valence-corrected chi connectivity index (χ4v) is 4.95. The Morgan fingerprint density at radius 3 is 2.21 bits per heavy atom. The molecule has 0 fully saturated rings. The molecule has 0 aliphatic carbocycles. The molecule has 7 nitrogen and oxygen atoms in total. The monoisotopic (exact) mass is 595 g/mol. The maximum atomic E-state index is 13.7. The molecule has 2 rings (SSSR count). The highest BCUT2D eigenvalue weighted by Crippen LogP contribution is 2.36. The number of benzene rings is 2. The van der Waals surface area contributed by atoms with Crippen LogP contribution in [0, 0.1) is 5.92 Å². The summed E-state index contributed by atoms with van der Waals surface area (Å²) in [6, 6.07) is 7.82. The van der Waals surface area contributed by atoms with Crippen LogP contribution in [0.1, 0.15) is 38.3 Å². The Morgan fingerprint density at radius 2 is 1.68 bits per heavy atom. The third-order valence-electron chi connectivity index (χ3n) is 5.59. The summed E-state index contributed by atoms with van der Waals surface area (Å²) in [6.45, 7) is 4.80. The van der Waals surface area contributed by atoms with Crippen molar-refractivity contribution in [3.05, 3.63) is 63.6 Å². The molecule has 2 amide bonds. The molecule has 210 valence electrons. The molecule has 1 atom stereocenters. The van der Waals surface area contributed by atoms with E-state index in [2.05, 4.69) is 5.32 Å². The van der Waals surface area contributed by atoms with E-state index in [1.54, 1.807) is 31.2 Å². The quantitative estimate of drug-likeness (QED) is 0.379. The number of halogens is 5. The largest absolute Gasteiger partial charge is 0.416 e. The summed E-state index contributed by atoms with van der Waals surface area (Å²) < 4.78 is 65.9. The number of hydrogen-bond acceptors (Lipinski definition) is 4. The molecule has 0 aromatic heterocycles. The van der Waals surface area contributed by atoms with Crippen molar-refractivity contribution in [1.29, 1.82) is 0 Å². The van der Waals surface area contributed by atoms with E-state index in [0.29, 0.717) is 33.6 Å². The molecule has 0 bridgehead atoms. The molecule has 0 radical (unpaired) electrons. The number of carbonyl (C=O) groups is 2. The first-order valence-electron chi connectivity index (χ1n) is 11.7. The van der Waals surface area contributed by atoms with Crippen LogP contribution in [0.25, 0.3) is 0 Å². The molecule has 0 saturated heterocycles. The third-order valence-corrected chi connectivity index (χ3v) is 7.41. The van der Waals surface area contributed by atoms with E-state index in [4.69, 9.17) is 23.2 Å². The smallest absolute Gasteiger partial charge is 0.354 e. The van der Waals surface area contributed by atoms with Gasteiger partial charge in [0.25, 0.3) is 0 Å². The first-order valence-corrected chi connectivity index (χ1v) is 14.3. The van der Waals surface area contributed by atoms with Crippen LogP contribution in [0.5, 0.6) is 0 Å². The van der Waals surface area contributed by atoms with E-state index in [1.165, 1.54) is 4.90 Å². The van der Waals surface area contributed by atoms with Gasteiger partial charge in [0.05, 0.1) is 22.5 Å². The molecule has 38 heavy (non-hydrogen) atoms. The second-order valence-corrected chi connectivity index (χ2v) is 11.8. The zero-order valence-electron chi connectivity index (χ0n) is 21.4. The lowest BCUT2D eigenvalue weighted by Gasteiger charge is -2.33. The molecular formula is C25H30Cl2F3N3O4S. The number of rotatable bonds is 11. The summed E-state index contributed by atoms with van der Waals surface area (Å²) >= 11 is 12.4. The Labute approximate surface area is 230 Å². The van der Waals surface area contributed by atoms with Crippen LogP contribution >= 0.6 is 23.2 Å². The van der Waals surface area contributed by atoms with Crippen LogP contribution in [-0.4, -0.2) is 50.5 Å². The van der Waals surface area contributed by atoms with Gasteiger partial charge in [0, 0.05) is 18.1 Å². The lowest BCUT2D eigenvalue weighted by Crippen LogP contribution is -2.52. The molecule has 1 N–H and O–H groups in total. The molecular weight excluding hydrogens is 566 g/mol. The van der Waals surface area contributed by atoms with Crippen molar-refractivity contribution in [3.63, 3.8) is 0 Å². The fraction of sp³-hybridized carbons (Fsp3) is 0.440. The number of amides is 2. The van der Waals surface area contributed by atoms with Gasteiger partial charge in [-0.1, -0.05) is 62.2 Å². The Hall–Kier alpha value is -2.50. The highest BCUT2D eigenvalue weighted by molar-refractivity contribution is 7.92. The van der Waals surface area contributed by atoms with E-state index < -0.39 is 51.9 Å². The molecule has 13 heteroatoms. The molecule has 0 spiro atoms. The zero-order valence-corrected chi connectivity index (χ0v) is 23.7. The summed E-state index contributed by atoms with van der Waals surface area (Å²) in [7, 11) is -4.28. The van der Waals surface area contributed by atoms with Gasteiger partial charge in [-0.3, -0.25) is 13.9 Å². The highest BCUT2D eigenvalue weighted by atomic mass is 35.5. The number of nitrogens with one attached hydrogen (secondary N) is 1. The van der Waals surface area contributed by atoms with Crippen molar-refractivity contribution in [3.8, 4) is 0 Å². The van der Waals surface area contributed by atoms with Crippen molar-refractivity contribution < 1.29 is 31.2 Å². The molecule has 0 aliphatic rings. The van der Waals surface area contributed by atoms with Crippen LogP contribution in [0.2, 0.25) is 10.0 Å². The number of alkyl halides is 3. The summed E-state index contributed by atoms with van der Waals surface area (Å²) in [5.74, 6) is -1.15. The maximum Gasteiger partial charge on any atom is 0.416 e. The summed E-state index contributed by atoms with van der Waals surface area (Å²) in [5.41, 5.74) is -1.14. The van der Waals surface area contributed by atoms with Gasteiger partial charge in [-0.2, -0.15) is 13.2 Å². The van der Waals surface area contributed by atoms with Crippen LogP contribution < -0.4 is 9.62 Å². The first kappa shape index (κ1) is 31.7. The number of hydrogen-bond donors (Lipinski definition) is 1. The lowest BCUT2D eigenvalue weighted by molar-refractivity contribution is -0.140. The minimum absolute atomic E-state index is 0.132. The molecule has 2 aromatic carbocycles. The van der Waals surface area contributed by atoms with Gasteiger partial charge >= 0.3 is 6.18 Å². The normalized spacial score (nSPS) is 12.8. The second-order valence-electron chi connectivity index (χ2n) is 9.11. The fourth-order valence-electron chi connectivity index (χ4n) is 3.63. The van der Waals surface area contributed by atoms with Gasteiger partial charge in [0.2, 0.25) is 21.8 Å². The number of nitrogens with zero attached hydrogens (tertiary/aromatic N) is 2. The molecule has 0 saturated carbocycles. The van der Waals surface area contributed by atoms with Gasteiger partial charge in [-0.15, -0.1) is 0 Å². The van der Waals surface area contributed by atoms with Crippen LogP contribution in [0.15, 0.2) is 42.5 Å². The van der Waals surface area contributed by atoms with Crippen molar-refractivity contribution in [2.75, 3.05) is 23.7 Å². The zero-order chi connectivity index (χ0) is 28.8. The van der Waals surface area contributed by atoms with Crippen molar-refractivity contribution in [1.82, 2.24) is 10.2 Å². The minimum Gasteiger partial charge on any atom is -0.354 e. The number of carbonyl (C=O) groups excluding carboxylic acids is 2. The summed E-state index contributed by atoms with van der Waals surface area (Å²) in [5, 5.41) is 2.80. The van der Waals surface area contributed by atoms with Gasteiger partial charge in [0.15, 0.2) is 0 Å². The molecule has 0 heterocycles. The summed E-state index contributed by atoms with van der Waals surface area (Å²) in [4.78, 5) is 27.9. The average molecular weight is 596 g/mol. The average Bonchev–Trinajstić information content (AvgIpc) is 2.81. The predicted octanol–water partition coefficient (Wildman–Crippen LogP) is 5.36. The van der Waals surface area contributed by atoms with Gasteiger partial charge in [-0.05, 0) is 42.2 Å².